The van der Waals surface area contributed by atoms with E-state index >= 15 is 0 Å². The Labute approximate surface area is 107 Å². The predicted molar refractivity (Wildman–Crippen MR) is 63.9 cm³/mol. The Morgan fingerprint density at radius 3 is 2.89 bits per heavy atom. The van der Waals surface area contributed by atoms with Crippen molar-refractivity contribution >= 4 is 16.9 Å². The van der Waals surface area contributed by atoms with Crippen LogP contribution in [0, 0.1) is 5.82 Å². The van der Waals surface area contributed by atoms with Gasteiger partial charge in [0.05, 0.1) is 13.2 Å². The normalized spacial score (nSPS) is 15.2. The number of rotatable bonds is 3. The van der Waals surface area contributed by atoms with Gasteiger partial charge < -0.3 is 14.6 Å². The molecule has 0 spiro atoms. The van der Waals surface area contributed by atoms with Crippen molar-refractivity contribution in [1.82, 2.24) is 4.98 Å². The fourth-order valence-electron chi connectivity index (χ4n) is 1.85. The molecule has 6 heteroatoms. The van der Waals surface area contributed by atoms with E-state index in [2.05, 4.69) is 4.98 Å². The zero-order valence-electron chi connectivity index (χ0n) is 9.80. The standard InChI is InChI=1S/C13H10FNO4/c14-9-3-1-2-8-11(19-7-5-18-6-7)4-10(13(16)17)15-12(8)9/h1-4,7H,5-6H2,(H,16,17). The summed E-state index contributed by atoms with van der Waals surface area (Å²) in [6, 6.07) is 5.72. The average molecular weight is 263 g/mol. The topological polar surface area (TPSA) is 68.7 Å². The summed E-state index contributed by atoms with van der Waals surface area (Å²) in [4.78, 5) is 14.8. The van der Waals surface area contributed by atoms with E-state index in [1.807, 2.05) is 0 Å². The van der Waals surface area contributed by atoms with Crippen molar-refractivity contribution in [3.63, 3.8) is 0 Å². The molecular formula is C13H10FNO4. The quantitative estimate of drug-likeness (QED) is 0.915. The van der Waals surface area contributed by atoms with Crippen LogP contribution >= 0.6 is 0 Å². The summed E-state index contributed by atoms with van der Waals surface area (Å²) >= 11 is 0. The Kier molecular flexibility index (Phi) is 2.79. The number of aromatic carboxylic acids is 1. The lowest BCUT2D eigenvalue weighted by molar-refractivity contribution is -0.0791. The maximum atomic E-state index is 13.7. The number of nitrogens with zero attached hydrogens (tertiary/aromatic N) is 1. The molecule has 1 aliphatic rings. The van der Waals surface area contributed by atoms with Gasteiger partial charge >= 0.3 is 5.97 Å². The van der Waals surface area contributed by atoms with Crippen LogP contribution in [0.4, 0.5) is 4.39 Å². The maximum absolute atomic E-state index is 13.7. The highest BCUT2D eigenvalue weighted by molar-refractivity contribution is 5.93. The smallest absolute Gasteiger partial charge is 0.354 e. The summed E-state index contributed by atoms with van der Waals surface area (Å²) in [5, 5.41) is 9.46. The third-order valence-electron chi connectivity index (χ3n) is 2.87. The van der Waals surface area contributed by atoms with Gasteiger partial charge in [0.25, 0.3) is 0 Å². The lowest BCUT2D eigenvalue weighted by Crippen LogP contribution is -2.38. The van der Waals surface area contributed by atoms with Gasteiger partial charge in [0.15, 0.2) is 5.69 Å². The number of hydrogen-bond donors (Lipinski definition) is 1. The van der Waals surface area contributed by atoms with Crippen molar-refractivity contribution in [2.24, 2.45) is 0 Å². The SMILES string of the molecule is O=C(O)c1cc(OC2COC2)c2cccc(F)c2n1. The van der Waals surface area contributed by atoms with Gasteiger partial charge in [-0.25, -0.2) is 14.2 Å². The number of carboxylic acids is 1. The minimum atomic E-state index is -1.22. The zero-order valence-corrected chi connectivity index (χ0v) is 9.80. The Hall–Kier alpha value is -2.21. The molecule has 1 aliphatic heterocycles. The number of pyridine rings is 1. The van der Waals surface area contributed by atoms with E-state index in [1.165, 1.54) is 18.2 Å². The molecule has 0 saturated carbocycles. The Morgan fingerprint density at radius 1 is 1.47 bits per heavy atom. The van der Waals surface area contributed by atoms with Gasteiger partial charge in [-0.1, -0.05) is 6.07 Å². The first-order valence-electron chi connectivity index (χ1n) is 5.72. The fraction of sp³-hybridized carbons (Fsp3) is 0.231. The van der Waals surface area contributed by atoms with Crippen LogP contribution in [0.5, 0.6) is 5.75 Å². The van der Waals surface area contributed by atoms with Gasteiger partial charge in [0, 0.05) is 11.5 Å². The van der Waals surface area contributed by atoms with Gasteiger partial charge in [0.1, 0.15) is 23.2 Å². The number of hydrogen-bond acceptors (Lipinski definition) is 4. The molecule has 0 bridgehead atoms. The molecule has 0 unspecified atom stereocenters. The van der Waals surface area contributed by atoms with E-state index in [-0.39, 0.29) is 17.3 Å². The van der Waals surface area contributed by atoms with Crippen LogP contribution in [-0.4, -0.2) is 35.4 Å². The van der Waals surface area contributed by atoms with Crippen LogP contribution in [0.25, 0.3) is 10.9 Å². The number of carboxylic acid groups (broad SMARTS) is 1. The number of benzene rings is 1. The summed E-state index contributed by atoms with van der Waals surface area (Å²) in [6.07, 6.45) is -0.129. The Morgan fingerprint density at radius 2 is 2.26 bits per heavy atom. The molecule has 1 fully saturated rings. The van der Waals surface area contributed by atoms with E-state index in [0.29, 0.717) is 24.3 Å². The minimum absolute atomic E-state index is 0.00218. The fourth-order valence-corrected chi connectivity index (χ4v) is 1.85. The van der Waals surface area contributed by atoms with Crippen LogP contribution < -0.4 is 4.74 Å². The molecule has 1 aromatic heterocycles. The monoisotopic (exact) mass is 263 g/mol. The summed E-state index contributed by atoms with van der Waals surface area (Å²) in [5.41, 5.74) is -0.245. The summed E-state index contributed by atoms with van der Waals surface area (Å²) in [5.74, 6) is -1.48. The molecule has 1 aromatic carbocycles. The molecule has 0 atom stereocenters. The number of carbonyl (C=O) groups is 1. The van der Waals surface area contributed by atoms with E-state index < -0.39 is 11.8 Å². The highest BCUT2D eigenvalue weighted by Crippen LogP contribution is 2.29. The van der Waals surface area contributed by atoms with Crippen molar-refractivity contribution in [2.75, 3.05) is 13.2 Å². The lowest BCUT2D eigenvalue weighted by atomic mass is 10.1. The highest BCUT2D eigenvalue weighted by Gasteiger charge is 2.22. The summed E-state index contributed by atoms with van der Waals surface area (Å²) in [7, 11) is 0. The molecule has 0 radical (unpaired) electrons. The Balaban J connectivity index is 2.15. The van der Waals surface area contributed by atoms with Gasteiger partial charge in [-0.15, -0.1) is 0 Å². The average Bonchev–Trinajstić information content (AvgIpc) is 2.34. The molecule has 2 aromatic rings. The molecule has 5 nitrogen and oxygen atoms in total. The third kappa shape index (κ3) is 2.10. The number of ether oxygens (including phenoxy) is 2. The van der Waals surface area contributed by atoms with Crippen LogP contribution in [0.15, 0.2) is 24.3 Å². The molecule has 19 heavy (non-hydrogen) atoms. The predicted octanol–water partition coefficient (Wildman–Crippen LogP) is 1.85. The molecule has 3 rings (SSSR count). The molecular weight excluding hydrogens is 253 g/mol. The number of para-hydroxylation sites is 1. The van der Waals surface area contributed by atoms with Gasteiger partial charge in [-0.05, 0) is 12.1 Å². The molecule has 1 N–H and O–H groups in total. The van der Waals surface area contributed by atoms with Gasteiger partial charge in [-0.2, -0.15) is 0 Å². The van der Waals surface area contributed by atoms with Crippen molar-refractivity contribution in [2.45, 2.75) is 6.10 Å². The third-order valence-corrected chi connectivity index (χ3v) is 2.87. The maximum Gasteiger partial charge on any atom is 0.354 e. The van der Waals surface area contributed by atoms with Gasteiger partial charge in [0.2, 0.25) is 0 Å². The lowest BCUT2D eigenvalue weighted by Gasteiger charge is -2.27. The second-order valence-electron chi connectivity index (χ2n) is 4.22. The van der Waals surface area contributed by atoms with Crippen LogP contribution in [0.2, 0.25) is 0 Å². The van der Waals surface area contributed by atoms with Crippen molar-refractivity contribution in [3.05, 3.63) is 35.8 Å². The van der Waals surface area contributed by atoms with Crippen molar-refractivity contribution < 1.29 is 23.8 Å². The first-order valence-corrected chi connectivity index (χ1v) is 5.72. The number of halogens is 1. The van der Waals surface area contributed by atoms with Crippen LogP contribution in [0.1, 0.15) is 10.5 Å². The zero-order chi connectivity index (χ0) is 13.4. The van der Waals surface area contributed by atoms with E-state index in [0.717, 1.165) is 0 Å². The van der Waals surface area contributed by atoms with Crippen molar-refractivity contribution in [1.29, 1.82) is 0 Å². The Bertz CT molecular complexity index is 654. The van der Waals surface area contributed by atoms with Gasteiger partial charge in [-0.3, -0.25) is 0 Å². The largest absolute Gasteiger partial charge is 0.485 e. The first kappa shape index (κ1) is 11.9. The van der Waals surface area contributed by atoms with Crippen molar-refractivity contribution in [3.8, 4) is 5.75 Å². The molecule has 98 valence electrons. The second-order valence-corrected chi connectivity index (χ2v) is 4.22. The molecule has 0 amide bonds. The highest BCUT2D eigenvalue weighted by atomic mass is 19.1. The van der Waals surface area contributed by atoms with E-state index in [1.54, 1.807) is 6.07 Å². The second kappa shape index (κ2) is 4.47. The van der Waals surface area contributed by atoms with Crippen LogP contribution in [0.3, 0.4) is 0 Å². The minimum Gasteiger partial charge on any atom is -0.485 e. The molecule has 0 aliphatic carbocycles. The summed E-state index contributed by atoms with van der Waals surface area (Å²) in [6.45, 7) is 0.892. The molecule has 1 saturated heterocycles. The van der Waals surface area contributed by atoms with E-state index in [4.69, 9.17) is 14.6 Å². The van der Waals surface area contributed by atoms with E-state index in [9.17, 15) is 9.18 Å². The number of aromatic nitrogens is 1. The van der Waals surface area contributed by atoms with Crippen LogP contribution in [-0.2, 0) is 4.74 Å². The summed E-state index contributed by atoms with van der Waals surface area (Å²) < 4.78 is 24.3. The molecule has 2 heterocycles. The number of fused-ring (bicyclic) bond motifs is 1. The first-order chi connectivity index (χ1) is 9.15.